The summed E-state index contributed by atoms with van der Waals surface area (Å²) in [6, 6.07) is 18.7. The molecule has 0 heterocycles. The molecule has 0 bridgehead atoms. The van der Waals surface area contributed by atoms with Crippen molar-refractivity contribution in [2.75, 3.05) is 31.5 Å². The largest absolute Gasteiger partial charge is 0.497 e. The number of ether oxygens (including phenoxy) is 3. The Balaban J connectivity index is 1.72. The van der Waals surface area contributed by atoms with Crippen LogP contribution >= 0.6 is 34.2 Å². The predicted molar refractivity (Wildman–Crippen MR) is 147 cm³/mol. The van der Waals surface area contributed by atoms with E-state index in [-0.39, 0.29) is 18.1 Å². The topological polar surface area (TPSA) is 110 Å². The number of nitrogens with one attached hydrogen (secondary N) is 2. The average Bonchev–Trinajstić information content (AvgIpc) is 2.88. The minimum absolute atomic E-state index is 0.0975. The number of nitriles is 1. The average molecular weight is 618 g/mol. The Morgan fingerprint density at radius 1 is 1.00 bits per heavy atom. The zero-order valence-corrected chi connectivity index (χ0v) is 22.2. The molecule has 0 spiro atoms. The molecule has 2 amide bonds. The van der Waals surface area contributed by atoms with Gasteiger partial charge in [-0.25, -0.2) is 0 Å². The molecule has 0 atom stereocenters. The van der Waals surface area contributed by atoms with Gasteiger partial charge >= 0.3 is 0 Å². The second-order valence-corrected chi connectivity index (χ2v) is 8.83. The molecule has 3 rings (SSSR count). The molecule has 0 aliphatic carbocycles. The summed E-state index contributed by atoms with van der Waals surface area (Å²) in [4.78, 5) is 24.9. The van der Waals surface area contributed by atoms with Crippen LogP contribution in [0.15, 0.2) is 66.2 Å². The SMILES string of the molecule is COc1ccc(NC(=O)/C(C#N)=C/c2cc(I)c(OCC(=O)Nc3ccc(Cl)cc3)c(OC)c2)cc1. The summed E-state index contributed by atoms with van der Waals surface area (Å²) in [6.45, 7) is -0.252. The molecular weight excluding hydrogens is 597 g/mol. The van der Waals surface area contributed by atoms with E-state index in [4.69, 9.17) is 25.8 Å². The summed E-state index contributed by atoms with van der Waals surface area (Å²) in [5, 5.41) is 15.5. The van der Waals surface area contributed by atoms with Gasteiger partial charge < -0.3 is 24.8 Å². The number of amides is 2. The van der Waals surface area contributed by atoms with Gasteiger partial charge in [-0.2, -0.15) is 5.26 Å². The highest BCUT2D eigenvalue weighted by molar-refractivity contribution is 14.1. The zero-order valence-electron chi connectivity index (χ0n) is 19.3. The van der Waals surface area contributed by atoms with Crippen LogP contribution in [0.1, 0.15) is 5.56 Å². The third-order valence-electron chi connectivity index (χ3n) is 4.75. The molecule has 0 saturated heterocycles. The summed E-state index contributed by atoms with van der Waals surface area (Å²) >= 11 is 7.89. The Bertz CT molecular complexity index is 1320. The van der Waals surface area contributed by atoms with Crippen molar-refractivity contribution in [2.24, 2.45) is 0 Å². The van der Waals surface area contributed by atoms with Crippen molar-refractivity contribution >= 4 is 63.5 Å². The number of halogens is 2. The first kappa shape index (κ1) is 26.8. The molecule has 2 N–H and O–H groups in total. The molecule has 3 aromatic rings. The number of carbonyl (C=O) groups excluding carboxylic acids is 2. The first-order valence-electron chi connectivity index (χ1n) is 10.5. The maximum absolute atomic E-state index is 12.6. The van der Waals surface area contributed by atoms with Crippen molar-refractivity contribution in [1.82, 2.24) is 0 Å². The Morgan fingerprint density at radius 2 is 1.64 bits per heavy atom. The lowest BCUT2D eigenvalue weighted by atomic mass is 10.1. The van der Waals surface area contributed by atoms with Crippen LogP contribution in [0.4, 0.5) is 11.4 Å². The number of benzene rings is 3. The summed E-state index contributed by atoms with van der Waals surface area (Å²) < 4.78 is 16.9. The second-order valence-electron chi connectivity index (χ2n) is 7.23. The summed E-state index contributed by atoms with van der Waals surface area (Å²) in [7, 11) is 3.01. The molecule has 0 aliphatic heterocycles. The van der Waals surface area contributed by atoms with Gasteiger partial charge in [-0.3, -0.25) is 9.59 Å². The van der Waals surface area contributed by atoms with Gasteiger partial charge in [-0.1, -0.05) is 11.6 Å². The second kappa shape index (κ2) is 12.8. The highest BCUT2D eigenvalue weighted by Gasteiger charge is 2.15. The molecular formula is C26H21ClIN3O5. The molecule has 0 aromatic heterocycles. The van der Waals surface area contributed by atoms with E-state index in [9.17, 15) is 14.9 Å². The van der Waals surface area contributed by atoms with E-state index in [1.165, 1.54) is 13.2 Å². The van der Waals surface area contributed by atoms with Crippen molar-refractivity contribution in [1.29, 1.82) is 5.26 Å². The standard InChI is InChI=1S/C26H21ClIN3O5/c1-34-21-9-7-20(8-10-21)31-26(33)17(14-29)11-16-12-22(28)25(23(13-16)35-2)36-15-24(32)30-19-5-3-18(27)4-6-19/h3-13H,15H2,1-2H3,(H,30,32)(H,31,33)/b17-11+. The van der Waals surface area contributed by atoms with Crippen LogP contribution in [0.5, 0.6) is 17.2 Å². The zero-order chi connectivity index (χ0) is 26.1. The van der Waals surface area contributed by atoms with Gasteiger partial charge in [-0.15, -0.1) is 0 Å². The van der Waals surface area contributed by atoms with E-state index in [1.807, 2.05) is 28.7 Å². The molecule has 36 heavy (non-hydrogen) atoms. The Labute approximate surface area is 226 Å². The number of rotatable bonds is 9. The molecule has 8 nitrogen and oxygen atoms in total. The van der Waals surface area contributed by atoms with Crippen LogP contribution < -0.4 is 24.8 Å². The summed E-state index contributed by atoms with van der Waals surface area (Å²) in [5.74, 6) is 0.440. The molecule has 0 saturated carbocycles. The molecule has 0 radical (unpaired) electrons. The highest BCUT2D eigenvalue weighted by Crippen LogP contribution is 2.34. The lowest BCUT2D eigenvalue weighted by Crippen LogP contribution is -2.20. The van der Waals surface area contributed by atoms with Gasteiger partial charge in [0, 0.05) is 16.4 Å². The van der Waals surface area contributed by atoms with E-state index < -0.39 is 5.91 Å². The lowest BCUT2D eigenvalue weighted by Gasteiger charge is -2.14. The number of hydrogen-bond acceptors (Lipinski definition) is 6. The third-order valence-corrected chi connectivity index (χ3v) is 5.80. The minimum atomic E-state index is -0.559. The van der Waals surface area contributed by atoms with Gasteiger partial charge in [0.25, 0.3) is 11.8 Å². The molecule has 3 aromatic carbocycles. The fourth-order valence-electron chi connectivity index (χ4n) is 3.02. The number of methoxy groups -OCH3 is 2. The third kappa shape index (κ3) is 7.37. The quantitative estimate of drug-likeness (QED) is 0.186. The Kier molecular flexibility index (Phi) is 9.55. The number of hydrogen-bond donors (Lipinski definition) is 2. The normalized spacial score (nSPS) is 10.7. The fourth-order valence-corrected chi connectivity index (χ4v) is 3.93. The van der Waals surface area contributed by atoms with Crippen molar-refractivity contribution in [3.8, 4) is 23.3 Å². The van der Waals surface area contributed by atoms with Crippen LogP contribution in [0.3, 0.4) is 0 Å². The fraction of sp³-hybridized carbons (Fsp3) is 0.115. The summed E-state index contributed by atoms with van der Waals surface area (Å²) in [6.07, 6.45) is 1.45. The molecule has 0 unspecified atom stereocenters. The first-order chi connectivity index (χ1) is 17.3. The highest BCUT2D eigenvalue weighted by atomic mass is 127. The number of nitrogens with zero attached hydrogens (tertiary/aromatic N) is 1. The van der Waals surface area contributed by atoms with Crippen LogP contribution in [-0.2, 0) is 9.59 Å². The maximum Gasteiger partial charge on any atom is 0.266 e. The van der Waals surface area contributed by atoms with E-state index >= 15 is 0 Å². The van der Waals surface area contributed by atoms with E-state index in [0.717, 1.165) is 0 Å². The van der Waals surface area contributed by atoms with Crippen LogP contribution in [-0.4, -0.2) is 32.6 Å². The van der Waals surface area contributed by atoms with Gasteiger partial charge in [0.2, 0.25) is 0 Å². The molecule has 0 aliphatic rings. The van der Waals surface area contributed by atoms with Gasteiger partial charge in [0.05, 0.1) is 17.8 Å². The first-order valence-corrected chi connectivity index (χ1v) is 11.9. The molecule has 0 fully saturated rings. The van der Waals surface area contributed by atoms with Crippen LogP contribution in [0.25, 0.3) is 6.08 Å². The van der Waals surface area contributed by atoms with Gasteiger partial charge in [-0.05, 0) is 94.9 Å². The number of anilines is 2. The summed E-state index contributed by atoms with van der Waals surface area (Å²) in [5.41, 5.74) is 1.57. The molecule has 10 heteroatoms. The van der Waals surface area contributed by atoms with Gasteiger partial charge in [0.15, 0.2) is 18.1 Å². The number of carbonyl (C=O) groups is 2. The van der Waals surface area contributed by atoms with E-state index in [1.54, 1.807) is 67.8 Å². The van der Waals surface area contributed by atoms with Crippen LogP contribution in [0.2, 0.25) is 5.02 Å². The Morgan fingerprint density at radius 3 is 2.25 bits per heavy atom. The maximum atomic E-state index is 12.6. The predicted octanol–water partition coefficient (Wildman–Crippen LogP) is 5.52. The van der Waals surface area contributed by atoms with Crippen LogP contribution in [0, 0.1) is 14.9 Å². The molecule has 184 valence electrons. The lowest BCUT2D eigenvalue weighted by molar-refractivity contribution is -0.118. The van der Waals surface area contributed by atoms with Crippen molar-refractivity contribution in [2.45, 2.75) is 0 Å². The minimum Gasteiger partial charge on any atom is -0.497 e. The van der Waals surface area contributed by atoms with Crippen molar-refractivity contribution in [3.63, 3.8) is 0 Å². The van der Waals surface area contributed by atoms with Crippen molar-refractivity contribution < 1.29 is 23.8 Å². The van der Waals surface area contributed by atoms with E-state index in [2.05, 4.69) is 10.6 Å². The monoisotopic (exact) mass is 617 g/mol. The Hall–Kier alpha value is -3.75. The van der Waals surface area contributed by atoms with Gasteiger partial charge in [0.1, 0.15) is 17.4 Å². The smallest absolute Gasteiger partial charge is 0.266 e. The van der Waals surface area contributed by atoms with E-state index in [0.29, 0.717) is 42.8 Å². The van der Waals surface area contributed by atoms with Crippen molar-refractivity contribution in [3.05, 3.63) is 80.4 Å².